The topological polar surface area (TPSA) is 26.3 Å². The van der Waals surface area contributed by atoms with Gasteiger partial charge in [0, 0.05) is 13.0 Å². The molecule has 1 aliphatic carbocycles. The Morgan fingerprint density at radius 3 is 2.00 bits per heavy atom. The van der Waals surface area contributed by atoms with E-state index in [-0.39, 0.29) is 21.8 Å². The highest BCUT2D eigenvalue weighted by Gasteiger charge is 2.51. The summed E-state index contributed by atoms with van der Waals surface area (Å²) in [4.78, 5) is 13.2. The number of ketones is 1. The number of carbonyl (C=O) groups is 1. The summed E-state index contributed by atoms with van der Waals surface area (Å²) in [7, 11) is -2.77. The number of rotatable bonds is 6. The van der Waals surface area contributed by atoms with Gasteiger partial charge in [-0.05, 0) is 58.8 Å². The molecule has 7 heteroatoms. The lowest BCUT2D eigenvalue weighted by Gasteiger charge is -2.45. The second kappa shape index (κ2) is 10.6. The van der Waals surface area contributed by atoms with Gasteiger partial charge in [-0.2, -0.15) is 13.2 Å². The molecule has 0 aliphatic heterocycles. The van der Waals surface area contributed by atoms with Gasteiger partial charge in [0.1, 0.15) is 5.78 Å². The van der Waals surface area contributed by atoms with Crippen LogP contribution in [0.3, 0.4) is 0 Å². The summed E-state index contributed by atoms with van der Waals surface area (Å²) in [6.45, 7) is 8.81. The molecule has 0 bridgehead atoms. The van der Waals surface area contributed by atoms with E-state index >= 15 is 0 Å². The molecule has 1 aliphatic rings. The first-order valence-corrected chi connectivity index (χ1v) is 15.2. The van der Waals surface area contributed by atoms with Gasteiger partial charge >= 0.3 is 6.18 Å². The molecule has 2 unspecified atom stereocenters. The summed E-state index contributed by atoms with van der Waals surface area (Å²) in [6, 6.07) is 24.5. The lowest BCUT2D eigenvalue weighted by Crippen LogP contribution is -2.67. The molecule has 1 saturated carbocycles. The van der Waals surface area contributed by atoms with Crippen LogP contribution in [0, 0.1) is 5.92 Å². The molecule has 0 amide bonds. The molecule has 38 heavy (non-hydrogen) atoms. The molecule has 0 radical (unpaired) electrons. The maximum Gasteiger partial charge on any atom is 0.417 e. The smallest absolute Gasteiger partial charge is 0.407 e. The van der Waals surface area contributed by atoms with Crippen LogP contribution in [0.1, 0.15) is 58.1 Å². The van der Waals surface area contributed by atoms with Crippen LogP contribution in [-0.4, -0.2) is 20.7 Å². The molecule has 0 aromatic heterocycles. The lowest BCUT2D eigenvalue weighted by atomic mass is 9.66. The van der Waals surface area contributed by atoms with Crippen LogP contribution in [0.15, 0.2) is 78.9 Å². The average Bonchev–Trinajstić information content (AvgIpc) is 2.86. The van der Waals surface area contributed by atoms with Crippen molar-refractivity contribution < 1.29 is 22.4 Å². The van der Waals surface area contributed by atoms with E-state index in [9.17, 15) is 18.0 Å². The first-order valence-electron chi connectivity index (χ1n) is 12.9. The van der Waals surface area contributed by atoms with Crippen LogP contribution in [0.5, 0.6) is 0 Å². The fraction of sp³-hybridized carbons (Fsp3) is 0.387. The minimum Gasteiger partial charge on any atom is -0.407 e. The molecule has 0 heterocycles. The number of Topliss-reactive ketones (excluding diaryl/α,β-unsaturated/α-hetero) is 1. The molecule has 2 atom stereocenters. The van der Waals surface area contributed by atoms with E-state index in [0.717, 1.165) is 6.07 Å². The summed E-state index contributed by atoms with van der Waals surface area (Å²) < 4.78 is 47.9. The summed E-state index contributed by atoms with van der Waals surface area (Å²) in [6.07, 6.45) is -3.22. The lowest BCUT2D eigenvalue weighted by molar-refractivity contribution is -0.138. The number of halogens is 4. The van der Waals surface area contributed by atoms with Crippen molar-refractivity contribution in [1.82, 2.24) is 0 Å². The fourth-order valence-corrected chi connectivity index (χ4v) is 10.8. The minimum absolute atomic E-state index is 0.0179. The maximum atomic E-state index is 13.6. The van der Waals surface area contributed by atoms with E-state index in [0.29, 0.717) is 31.4 Å². The third-order valence-corrected chi connectivity index (χ3v) is 13.3. The number of carbonyl (C=O) groups excluding carboxylic acids is 1. The van der Waals surface area contributed by atoms with Gasteiger partial charge in [0.15, 0.2) is 0 Å². The van der Waals surface area contributed by atoms with E-state index in [2.05, 4.69) is 45.0 Å². The molecule has 4 rings (SSSR count). The van der Waals surface area contributed by atoms with E-state index in [1.165, 1.54) is 16.4 Å². The molecule has 1 fully saturated rings. The third-order valence-electron chi connectivity index (χ3n) is 7.95. The first kappa shape index (κ1) is 28.6. The summed E-state index contributed by atoms with van der Waals surface area (Å²) >= 11 is 5.87. The van der Waals surface area contributed by atoms with Gasteiger partial charge in [0.25, 0.3) is 8.32 Å². The van der Waals surface area contributed by atoms with Crippen molar-refractivity contribution >= 4 is 36.1 Å². The van der Waals surface area contributed by atoms with Crippen LogP contribution >= 0.6 is 11.6 Å². The number of benzene rings is 3. The van der Waals surface area contributed by atoms with E-state index in [1.54, 1.807) is 13.0 Å². The fourth-order valence-electron chi connectivity index (χ4n) is 5.92. The second-order valence-electron chi connectivity index (χ2n) is 11.5. The molecule has 3 aromatic carbocycles. The van der Waals surface area contributed by atoms with Crippen LogP contribution in [-0.2, 0) is 20.8 Å². The highest BCUT2D eigenvalue weighted by Crippen LogP contribution is 2.44. The van der Waals surface area contributed by atoms with Crippen molar-refractivity contribution in [2.45, 2.75) is 63.6 Å². The molecule has 0 spiro atoms. The minimum atomic E-state index is -4.59. The monoisotopic (exact) mass is 558 g/mol. The average molecular weight is 559 g/mol. The number of hydrogen-bond acceptors (Lipinski definition) is 2. The van der Waals surface area contributed by atoms with Crippen LogP contribution < -0.4 is 10.4 Å². The quantitative estimate of drug-likeness (QED) is 0.292. The highest BCUT2D eigenvalue weighted by molar-refractivity contribution is 6.99. The van der Waals surface area contributed by atoms with Crippen LogP contribution in [0.2, 0.25) is 10.1 Å². The van der Waals surface area contributed by atoms with Gasteiger partial charge in [-0.15, -0.1) is 0 Å². The SMILES string of the molecule is CC1(c2ccc(Cl)c(C(F)(F)F)c2)CC(CO[Si](c2ccccc2)(c2ccccc2)C(C)(C)C)CCC1=O. The molecule has 3 aromatic rings. The first-order chi connectivity index (χ1) is 17.8. The predicted octanol–water partition coefficient (Wildman–Crippen LogP) is 7.56. The molecular formula is C31H34ClF3O2Si. The van der Waals surface area contributed by atoms with Crippen molar-refractivity contribution in [2.24, 2.45) is 5.92 Å². The van der Waals surface area contributed by atoms with Gasteiger partial charge in [-0.1, -0.05) is 99.1 Å². The predicted molar refractivity (Wildman–Crippen MR) is 150 cm³/mol. The Hall–Kier alpha value is -2.41. The summed E-state index contributed by atoms with van der Waals surface area (Å²) in [5, 5.41) is 1.78. The zero-order valence-electron chi connectivity index (χ0n) is 22.2. The van der Waals surface area contributed by atoms with E-state index in [1.807, 2.05) is 36.4 Å². The Kier molecular flexibility index (Phi) is 8.00. The number of alkyl halides is 3. The number of hydrogen-bond donors (Lipinski definition) is 0. The molecular weight excluding hydrogens is 525 g/mol. The largest absolute Gasteiger partial charge is 0.417 e. The normalized spacial score (nSPS) is 20.9. The van der Waals surface area contributed by atoms with Crippen molar-refractivity contribution in [3.05, 3.63) is 95.0 Å². The van der Waals surface area contributed by atoms with Crippen molar-refractivity contribution in [1.29, 1.82) is 0 Å². The van der Waals surface area contributed by atoms with Crippen LogP contribution in [0.4, 0.5) is 13.2 Å². The molecule has 0 saturated heterocycles. The van der Waals surface area contributed by atoms with E-state index < -0.39 is 25.5 Å². The Labute approximate surface area is 229 Å². The van der Waals surface area contributed by atoms with Gasteiger partial charge in [0.2, 0.25) is 0 Å². The Bertz CT molecular complexity index is 1230. The maximum absolute atomic E-state index is 13.6. The zero-order chi connectivity index (χ0) is 27.8. The second-order valence-corrected chi connectivity index (χ2v) is 16.2. The van der Waals surface area contributed by atoms with Gasteiger partial charge in [0.05, 0.1) is 16.0 Å². The van der Waals surface area contributed by atoms with Crippen molar-refractivity contribution in [3.8, 4) is 0 Å². The zero-order valence-corrected chi connectivity index (χ0v) is 24.0. The van der Waals surface area contributed by atoms with Gasteiger partial charge in [-0.25, -0.2) is 0 Å². The molecule has 0 N–H and O–H groups in total. The van der Waals surface area contributed by atoms with Gasteiger partial charge < -0.3 is 4.43 Å². The Morgan fingerprint density at radius 1 is 0.947 bits per heavy atom. The molecule has 202 valence electrons. The van der Waals surface area contributed by atoms with Gasteiger partial charge in [-0.3, -0.25) is 4.79 Å². The summed E-state index contributed by atoms with van der Waals surface area (Å²) in [5.41, 5.74) is -1.59. The van der Waals surface area contributed by atoms with Crippen LogP contribution in [0.25, 0.3) is 0 Å². The summed E-state index contributed by atoms with van der Waals surface area (Å²) in [5.74, 6) is -0.0287. The standard InChI is InChI=1S/C31H34ClF3O2Si/c1-29(2,3)38(24-11-7-5-8-12-24,25-13-9-6-10-14-25)37-21-22-15-18-28(36)30(4,20-22)23-16-17-27(32)26(19-23)31(33,34)35/h5-14,16-17,19,22H,15,18,20-21H2,1-4H3. The van der Waals surface area contributed by atoms with Crippen molar-refractivity contribution in [2.75, 3.05) is 6.61 Å². The van der Waals surface area contributed by atoms with E-state index in [4.69, 9.17) is 16.0 Å². The Morgan fingerprint density at radius 2 is 1.50 bits per heavy atom. The molecule has 2 nitrogen and oxygen atoms in total. The van der Waals surface area contributed by atoms with Crippen molar-refractivity contribution in [3.63, 3.8) is 0 Å². The third kappa shape index (κ3) is 5.36. The highest BCUT2D eigenvalue weighted by atomic mass is 35.5. The Balaban J connectivity index is 1.69.